The quantitative estimate of drug-likeness (QED) is 0.368. The highest BCUT2D eigenvalue weighted by Crippen LogP contribution is 2.26. The van der Waals surface area contributed by atoms with Crippen LogP contribution in [-0.4, -0.2) is 35.8 Å². The Morgan fingerprint density at radius 1 is 1.11 bits per heavy atom. The summed E-state index contributed by atoms with van der Waals surface area (Å²) in [7, 11) is 0. The minimum Gasteiger partial charge on any atom is -0.398 e. The smallest absolute Gasteiger partial charge is 0.319 e. The molecule has 3 rings (SSSR count). The normalized spacial score (nSPS) is 12.9. The number of halogens is 2. The number of nitrogens with one attached hydrogen (secondary N) is 2. The van der Waals surface area contributed by atoms with Crippen LogP contribution < -0.4 is 16.4 Å². The fourth-order valence-corrected chi connectivity index (χ4v) is 3.23. The number of nitrogens with zero attached hydrogens (tertiary/aromatic N) is 1. The standard InChI is InChI=1S/C18H16BrClN4O3/c19-10-2-4-12-13(8-10)17(26)24(16(12)25)7-1-6-22-18(27)23-11-3-5-15(21)14(20)9-11/h2-5,8-9H,1,6-7,21H2,(H2,22,23,27). The van der Waals surface area contributed by atoms with Crippen molar-refractivity contribution in [1.29, 1.82) is 0 Å². The van der Waals surface area contributed by atoms with Crippen molar-refractivity contribution in [3.63, 3.8) is 0 Å². The number of carbonyl (C=O) groups is 3. The molecular formula is C18H16BrClN4O3. The van der Waals surface area contributed by atoms with Gasteiger partial charge in [-0.1, -0.05) is 27.5 Å². The van der Waals surface area contributed by atoms with Crippen molar-refractivity contribution in [2.24, 2.45) is 0 Å². The average molecular weight is 452 g/mol. The van der Waals surface area contributed by atoms with Gasteiger partial charge in [0.1, 0.15) is 0 Å². The van der Waals surface area contributed by atoms with Crippen LogP contribution in [0.2, 0.25) is 5.02 Å². The van der Waals surface area contributed by atoms with E-state index in [-0.39, 0.29) is 18.4 Å². The predicted octanol–water partition coefficient (Wildman–Crippen LogP) is 3.49. The van der Waals surface area contributed by atoms with Crippen molar-refractivity contribution in [3.05, 3.63) is 57.0 Å². The molecule has 7 nitrogen and oxygen atoms in total. The van der Waals surface area contributed by atoms with Gasteiger partial charge in [-0.3, -0.25) is 14.5 Å². The molecule has 1 heterocycles. The first kappa shape index (κ1) is 19.2. The van der Waals surface area contributed by atoms with Crippen molar-refractivity contribution >= 4 is 56.8 Å². The molecule has 0 spiro atoms. The van der Waals surface area contributed by atoms with Crippen LogP contribution in [0.1, 0.15) is 27.1 Å². The fourth-order valence-electron chi connectivity index (χ4n) is 2.69. The van der Waals surface area contributed by atoms with E-state index < -0.39 is 6.03 Å². The maximum absolute atomic E-state index is 12.3. The number of nitrogens with two attached hydrogens (primary N) is 1. The third-order valence-corrected chi connectivity index (χ3v) is 4.86. The molecule has 1 aliphatic rings. The van der Waals surface area contributed by atoms with Gasteiger partial charge < -0.3 is 16.4 Å². The van der Waals surface area contributed by atoms with Gasteiger partial charge in [0.25, 0.3) is 11.8 Å². The maximum Gasteiger partial charge on any atom is 0.319 e. The van der Waals surface area contributed by atoms with Crippen LogP contribution in [-0.2, 0) is 0 Å². The Balaban J connectivity index is 1.48. The zero-order valence-corrected chi connectivity index (χ0v) is 16.4. The topological polar surface area (TPSA) is 105 Å². The number of carbonyl (C=O) groups excluding carboxylic acids is 3. The lowest BCUT2D eigenvalue weighted by atomic mass is 10.1. The predicted molar refractivity (Wildman–Crippen MR) is 107 cm³/mol. The summed E-state index contributed by atoms with van der Waals surface area (Å²) in [5.74, 6) is -0.638. The monoisotopic (exact) mass is 450 g/mol. The van der Waals surface area contributed by atoms with Gasteiger partial charge in [-0.25, -0.2) is 4.79 Å². The lowest BCUT2D eigenvalue weighted by Crippen LogP contribution is -2.35. The van der Waals surface area contributed by atoms with E-state index in [2.05, 4.69) is 26.6 Å². The van der Waals surface area contributed by atoms with E-state index in [1.807, 2.05) is 0 Å². The molecule has 4 amide bonds. The molecule has 27 heavy (non-hydrogen) atoms. The summed E-state index contributed by atoms with van der Waals surface area (Å²) in [6.07, 6.45) is 0.433. The van der Waals surface area contributed by atoms with Gasteiger partial charge in [-0.15, -0.1) is 0 Å². The number of amides is 4. The Labute approximate surface area is 169 Å². The molecule has 0 bridgehead atoms. The minimum atomic E-state index is -0.415. The molecule has 0 fully saturated rings. The van der Waals surface area contributed by atoms with Gasteiger partial charge >= 0.3 is 6.03 Å². The average Bonchev–Trinajstić information content (AvgIpc) is 2.86. The van der Waals surface area contributed by atoms with Crippen molar-refractivity contribution in [2.75, 3.05) is 24.1 Å². The molecule has 0 saturated carbocycles. The SMILES string of the molecule is Nc1ccc(NC(=O)NCCCN2C(=O)c3ccc(Br)cc3C2=O)cc1Cl. The number of nitrogen functional groups attached to an aromatic ring is 1. The van der Waals surface area contributed by atoms with Crippen LogP contribution in [0.3, 0.4) is 0 Å². The summed E-state index contributed by atoms with van der Waals surface area (Å²) in [5, 5.41) is 5.65. The van der Waals surface area contributed by atoms with Crippen molar-refractivity contribution in [3.8, 4) is 0 Å². The second kappa shape index (κ2) is 7.98. The number of fused-ring (bicyclic) bond motifs is 1. The molecule has 140 valence electrons. The summed E-state index contributed by atoms with van der Waals surface area (Å²) in [4.78, 5) is 37.8. The minimum absolute atomic E-state index is 0.220. The van der Waals surface area contributed by atoms with Crippen molar-refractivity contribution < 1.29 is 14.4 Å². The fraction of sp³-hybridized carbons (Fsp3) is 0.167. The maximum atomic E-state index is 12.3. The molecule has 0 atom stereocenters. The molecule has 0 saturated heterocycles. The second-order valence-corrected chi connectivity index (χ2v) is 7.25. The molecule has 9 heteroatoms. The zero-order chi connectivity index (χ0) is 19.6. The van der Waals surface area contributed by atoms with E-state index in [0.717, 1.165) is 4.47 Å². The van der Waals surface area contributed by atoms with Gasteiger partial charge in [0, 0.05) is 23.2 Å². The van der Waals surface area contributed by atoms with Gasteiger partial charge in [0.05, 0.1) is 21.8 Å². The highest BCUT2D eigenvalue weighted by atomic mass is 79.9. The number of rotatable bonds is 5. The van der Waals surface area contributed by atoms with Gasteiger partial charge in [-0.05, 0) is 42.8 Å². The van der Waals surface area contributed by atoms with Crippen LogP contribution in [0.4, 0.5) is 16.2 Å². The van der Waals surface area contributed by atoms with Crippen LogP contribution in [0.5, 0.6) is 0 Å². The summed E-state index contributed by atoms with van der Waals surface area (Å²) in [5.41, 5.74) is 7.34. The van der Waals surface area contributed by atoms with Gasteiger partial charge in [0.15, 0.2) is 0 Å². The molecule has 4 N–H and O–H groups in total. The van der Waals surface area contributed by atoms with E-state index in [4.69, 9.17) is 17.3 Å². The van der Waals surface area contributed by atoms with Crippen LogP contribution in [0.15, 0.2) is 40.9 Å². The third kappa shape index (κ3) is 4.23. The molecule has 0 radical (unpaired) electrons. The van der Waals surface area contributed by atoms with Crippen molar-refractivity contribution in [2.45, 2.75) is 6.42 Å². The Kier molecular flexibility index (Phi) is 5.67. The number of imide groups is 1. The molecule has 2 aromatic rings. The third-order valence-electron chi connectivity index (χ3n) is 4.04. The van der Waals surface area contributed by atoms with Crippen LogP contribution in [0.25, 0.3) is 0 Å². The van der Waals surface area contributed by atoms with Crippen LogP contribution in [0, 0.1) is 0 Å². The molecule has 0 unspecified atom stereocenters. The van der Waals surface area contributed by atoms with E-state index >= 15 is 0 Å². The number of hydrogen-bond acceptors (Lipinski definition) is 4. The first-order valence-electron chi connectivity index (χ1n) is 8.12. The number of urea groups is 1. The summed E-state index contributed by atoms with van der Waals surface area (Å²) in [6.45, 7) is 0.517. The largest absolute Gasteiger partial charge is 0.398 e. The molecule has 2 aromatic carbocycles. The molecule has 0 aliphatic carbocycles. The van der Waals surface area contributed by atoms with Crippen LogP contribution >= 0.6 is 27.5 Å². The highest BCUT2D eigenvalue weighted by molar-refractivity contribution is 9.10. The number of benzene rings is 2. The van der Waals surface area contributed by atoms with Gasteiger partial charge in [0.2, 0.25) is 0 Å². The molecular weight excluding hydrogens is 436 g/mol. The Morgan fingerprint density at radius 3 is 2.59 bits per heavy atom. The first-order chi connectivity index (χ1) is 12.9. The summed E-state index contributed by atoms with van der Waals surface area (Å²) < 4.78 is 0.741. The lowest BCUT2D eigenvalue weighted by Gasteiger charge is -2.14. The zero-order valence-electron chi connectivity index (χ0n) is 14.1. The number of hydrogen-bond donors (Lipinski definition) is 3. The Hall–Kier alpha value is -2.58. The highest BCUT2D eigenvalue weighted by Gasteiger charge is 2.34. The van der Waals surface area contributed by atoms with E-state index in [9.17, 15) is 14.4 Å². The first-order valence-corrected chi connectivity index (χ1v) is 9.29. The van der Waals surface area contributed by atoms with E-state index in [1.165, 1.54) is 4.90 Å². The molecule has 1 aliphatic heterocycles. The molecule has 0 aromatic heterocycles. The summed E-state index contributed by atoms with van der Waals surface area (Å²) >= 11 is 9.20. The second-order valence-electron chi connectivity index (χ2n) is 5.92. The lowest BCUT2D eigenvalue weighted by molar-refractivity contribution is 0.0653. The van der Waals surface area contributed by atoms with E-state index in [1.54, 1.807) is 36.4 Å². The number of anilines is 2. The van der Waals surface area contributed by atoms with E-state index in [0.29, 0.717) is 40.5 Å². The Bertz CT molecular complexity index is 935. The summed E-state index contributed by atoms with van der Waals surface area (Å²) in [6, 6.07) is 9.36. The van der Waals surface area contributed by atoms with Crippen molar-refractivity contribution in [1.82, 2.24) is 10.2 Å². The van der Waals surface area contributed by atoms with Gasteiger partial charge in [-0.2, -0.15) is 0 Å². The Morgan fingerprint density at radius 2 is 1.85 bits per heavy atom.